The molecule has 2 aromatic rings. The molecule has 6 nitrogen and oxygen atoms in total. The number of anilines is 1. The average molecular weight is 323 g/mol. The molecule has 3 rings (SSSR count). The number of nitrogens with zero attached hydrogens (tertiary/aromatic N) is 1. The molecule has 0 saturated heterocycles. The smallest absolute Gasteiger partial charge is 0.319 e. The maximum atomic E-state index is 12.2. The fourth-order valence-corrected chi connectivity index (χ4v) is 2.54. The lowest BCUT2D eigenvalue weighted by atomic mass is 10.1. The first-order chi connectivity index (χ1) is 11.6. The fourth-order valence-electron chi connectivity index (χ4n) is 2.54. The molecule has 24 heavy (non-hydrogen) atoms. The number of urea groups is 1. The predicted octanol–water partition coefficient (Wildman–Crippen LogP) is 2.41. The molecule has 2 aromatic carbocycles. The van der Waals surface area contributed by atoms with E-state index in [0.717, 1.165) is 10.5 Å². The van der Waals surface area contributed by atoms with Gasteiger partial charge < -0.3 is 10.6 Å². The van der Waals surface area contributed by atoms with Crippen LogP contribution in [0.2, 0.25) is 0 Å². The van der Waals surface area contributed by atoms with Crippen LogP contribution in [0.25, 0.3) is 0 Å². The van der Waals surface area contributed by atoms with Crippen molar-refractivity contribution in [2.45, 2.75) is 6.92 Å². The minimum atomic E-state index is -0.379. The summed E-state index contributed by atoms with van der Waals surface area (Å²) in [7, 11) is 0. The van der Waals surface area contributed by atoms with E-state index in [2.05, 4.69) is 10.6 Å². The highest BCUT2D eigenvalue weighted by atomic mass is 16.2. The lowest BCUT2D eigenvalue weighted by Crippen LogP contribution is -2.39. The SMILES string of the molecule is Cc1ccc(NC(=O)NCCN2C(=O)c3ccccc3C2=O)cc1. The molecule has 0 aromatic heterocycles. The summed E-state index contributed by atoms with van der Waals surface area (Å²) in [5.74, 6) is -0.646. The summed E-state index contributed by atoms with van der Waals surface area (Å²) < 4.78 is 0. The summed E-state index contributed by atoms with van der Waals surface area (Å²) in [6, 6.07) is 13.7. The van der Waals surface area contributed by atoms with Crippen molar-refractivity contribution in [1.29, 1.82) is 0 Å². The van der Waals surface area contributed by atoms with Crippen molar-refractivity contribution in [2.24, 2.45) is 0 Å². The molecule has 4 amide bonds. The van der Waals surface area contributed by atoms with Crippen molar-refractivity contribution >= 4 is 23.5 Å². The Balaban J connectivity index is 1.52. The molecule has 0 atom stereocenters. The number of carbonyl (C=O) groups is 3. The summed E-state index contributed by atoms with van der Waals surface area (Å²) in [4.78, 5) is 37.4. The van der Waals surface area contributed by atoms with Crippen LogP contribution < -0.4 is 10.6 Å². The zero-order valence-corrected chi connectivity index (χ0v) is 13.2. The van der Waals surface area contributed by atoms with Crippen molar-refractivity contribution in [2.75, 3.05) is 18.4 Å². The molecule has 122 valence electrons. The van der Waals surface area contributed by atoms with Gasteiger partial charge in [0.1, 0.15) is 0 Å². The molecular formula is C18H17N3O3. The molecule has 1 aliphatic rings. The van der Waals surface area contributed by atoms with Gasteiger partial charge in [-0.2, -0.15) is 0 Å². The second-order valence-electron chi connectivity index (χ2n) is 5.55. The van der Waals surface area contributed by atoms with Crippen molar-refractivity contribution < 1.29 is 14.4 Å². The summed E-state index contributed by atoms with van der Waals surface area (Å²) in [6.45, 7) is 2.28. The molecule has 0 fully saturated rings. The lowest BCUT2D eigenvalue weighted by molar-refractivity contribution is 0.0656. The number of aryl methyl sites for hydroxylation is 1. The maximum Gasteiger partial charge on any atom is 0.319 e. The molecule has 6 heteroatoms. The van der Waals surface area contributed by atoms with E-state index in [1.165, 1.54) is 0 Å². The molecule has 1 heterocycles. The molecular weight excluding hydrogens is 306 g/mol. The molecule has 0 bridgehead atoms. The van der Waals surface area contributed by atoms with Crippen LogP contribution in [0.5, 0.6) is 0 Å². The van der Waals surface area contributed by atoms with Gasteiger partial charge >= 0.3 is 6.03 Å². The average Bonchev–Trinajstić information content (AvgIpc) is 2.82. The number of hydrogen-bond acceptors (Lipinski definition) is 3. The van der Waals surface area contributed by atoms with Gasteiger partial charge in [-0.15, -0.1) is 0 Å². The Hall–Kier alpha value is -3.15. The number of hydrogen-bond donors (Lipinski definition) is 2. The van der Waals surface area contributed by atoms with E-state index in [4.69, 9.17) is 0 Å². The Bertz CT molecular complexity index is 764. The highest BCUT2D eigenvalue weighted by molar-refractivity contribution is 6.21. The maximum absolute atomic E-state index is 12.2. The van der Waals surface area contributed by atoms with Crippen molar-refractivity contribution in [1.82, 2.24) is 10.2 Å². The molecule has 2 N–H and O–H groups in total. The number of imide groups is 1. The van der Waals surface area contributed by atoms with Gasteiger partial charge in [0.05, 0.1) is 11.1 Å². The van der Waals surface area contributed by atoms with Gasteiger partial charge in [0.15, 0.2) is 0 Å². The quantitative estimate of drug-likeness (QED) is 0.848. The van der Waals surface area contributed by atoms with Crippen LogP contribution in [0.15, 0.2) is 48.5 Å². The number of fused-ring (bicyclic) bond motifs is 1. The summed E-state index contributed by atoms with van der Waals surface area (Å²) in [5, 5.41) is 5.34. The first kappa shape index (κ1) is 15.7. The van der Waals surface area contributed by atoms with Gasteiger partial charge in [-0.1, -0.05) is 29.8 Å². The van der Waals surface area contributed by atoms with Crippen LogP contribution >= 0.6 is 0 Å². The third-order valence-electron chi connectivity index (χ3n) is 3.81. The Morgan fingerprint density at radius 2 is 1.54 bits per heavy atom. The van der Waals surface area contributed by atoms with Gasteiger partial charge in [0.2, 0.25) is 0 Å². The topological polar surface area (TPSA) is 78.5 Å². The Morgan fingerprint density at radius 3 is 2.12 bits per heavy atom. The van der Waals surface area contributed by atoms with E-state index in [-0.39, 0.29) is 30.9 Å². The van der Waals surface area contributed by atoms with Crippen LogP contribution in [-0.2, 0) is 0 Å². The van der Waals surface area contributed by atoms with E-state index in [0.29, 0.717) is 16.8 Å². The van der Waals surface area contributed by atoms with E-state index >= 15 is 0 Å². The minimum absolute atomic E-state index is 0.133. The lowest BCUT2D eigenvalue weighted by Gasteiger charge is -2.14. The number of benzene rings is 2. The van der Waals surface area contributed by atoms with Crippen LogP contribution in [0.1, 0.15) is 26.3 Å². The van der Waals surface area contributed by atoms with Gasteiger partial charge in [0, 0.05) is 18.8 Å². The van der Waals surface area contributed by atoms with Gasteiger partial charge in [-0.05, 0) is 31.2 Å². The fraction of sp³-hybridized carbons (Fsp3) is 0.167. The van der Waals surface area contributed by atoms with Crippen molar-refractivity contribution in [3.05, 3.63) is 65.2 Å². The molecule has 0 unspecified atom stereocenters. The number of nitrogens with one attached hydrogen (secondary N) is 2. The van der Waals surface area contributed by atoms with E-state index < -0.39 is 0 Å². The van der Waals surface area contributed by atoms with E-state index in [1.54, 1.807) is 36.4 Å². The van der Waals surface area contributed by atoms with E-state index in [1.807, 2.05) is 19.1 Å². The highest BCUT2D eigenvalue weighted by Crippen LogP contribution is 2.21. The minimum Gasteiger partial charge on any atom is -0.336 e. The second kappa shape index (κ2) is 6.54. The first-order valence-electron chi connectivity index (χ1n) is 7.63. The molecule has 0 spiro atoms. The highest BCUT2D eigenvalue weighted by Gasteiger charge is 2.34. The van der Waals surface area contributed by atoms with Crippen LogP contribution in [-0.4, -0.2) is 35.8 Å². The molecule has 1 aliphatic heterocycles. The zero-order chi connectivity index (χ0) is 17.1. The monoisotopic (exact) mass is 323 g/mol. The Morgan fingerprint density at radius 1 is 0.958 bits per heavy atom. The second-order valence-corrected chi connectivity index (χ2v) is 5.55. The summed E-state index contributed by atoms with van der Waals surface area (Å²) in [6.07, 6.45) is 0. The van der Waals surface area contributed by atoms with Gasteiger partial charge in [-0.3, -0.25) is 14.5 Å². The molecule has 0 aliphatic carbocycles. The largest absolute Gasteiger partial charge is 0.336 e. The first-order valence-corrected chi connectivity index (χ1v) is 7.63. The molecule has 0 radical (unpaired) electrons. The van der Waals surface area contributed by atoms with Crippen LogP contribution in [0.4, 0.5) is 10.5 Å². The Labute approximate surface area is 139 Å². The summed E-state index contributed by atoms with van der Waals surface area (Å²) >= 11 is 0. The normalized spacial score (nSPS) is 13.0. The van der Waals surface area contributed by atoms with Crippen molar-refractivity contribution in [3.8, 4) is 0 Å². The number of carbonyl (C=O) groups excluding carboxylic acids is 3. The zero-order valence-electron chi connectivity index (χ0n) is 13.2. The molecule has 0 saturated carbocycles. The van der Waals surface area contributed by atoms with Crippen LogP contribution in [0.3, 0.4) is 0 Å². The van der Waals surface area contributed by atoms with E-state index in [9.17, 15) is 14.4 Å². The van der Waals surface area contributed by atoms with Gasteiger partial charge in [-0.25, -0.2) is 4.79 Å². The number of amides is 4. The third-order valence-corrected chi connectivity index (χ3v) is 3.81. The Kier molecular flexibility index (Phi) is 4.29. The standard InChI is InChI=1S/C18H17N3O3/c1-12-6-8-13(9-7-12)20-18(24)19-10-11-21-16(22)14-4-2-3-5-15(14)17(21)23/h2-9H,10-11H2,1H3,(H2,19,20,24). The van der Waals surface area contributed by atoms with Crippen LogP contribution in [0, 0.1) is 6.92 Å². The van der Waals surface area contributed by atoms with Crippen molar-refractivity contribution in [3.63, 3.8) is 0 Å². The predicted molar refractivity (Wildman–Crippen MR) is 90.0 cm³/mol. The summed E-state index contributed by atoms with van der Waals surface area (Å²) in [5.41, 5.74) is 2.60. The third kappa shape index (κ3) is 3.12. The number of rotatable bonds is 4. The van der Waals surface area contributed by atoms with Gasteiger partial charge in [0.25, 0.3) is 11.8 Å².